The highest BCUT2D eigenvalue weighted by Crippen LogP contribution is 2.51. The lowest BCUT2D eigenvalue weighted by Crippen LogP contribution is -2.56. The van der Waals surface area contributed by atoms with Gasteiger partial charge in [-0.2, -0.15) is 0 Å². The first-order valence-electron chi connectivity index (χ1n) is 11.8. The van der Waals surface area contributed by atoms with Crippen LogP contribution in [0, 0.1) is 23.7 Å². The van der Waals surface area contributed by atoms with Crippen molar-refractivity contribution in [3.05, 3.63) is 11.6 Å². The Hall–Kier alpha value is -0.910. The third kappa shape index (κ3) is 4.42. The van der Waals surface area contributed by atoms with Gasteiger partial charge in [0.05, 0.1) is 5.60 Å². The summed E-state index contributed by atoms with van der Waals surface area (Å²) in [5.41, 5.74) is 0.348. The van der Waals surface area contributed by atoms with E-state index in [4.69, 9.17) is 4.74 Å². The molecule has 5 heteroatoms. The van der Waals surface area contributed by atoms with Gasteiger partial charge in [0, 0.05) is 58.0 Å². The van der Waals surface area contributed by atoms with E-state index in [2.05, 4.69) is 36.6 Å². The Kier molecular flexibility index (Phi) is 6.12. The summed E-state index contributed by atoms with van der Waals surface area (Å²) in [7, 11) is 0. The number of aliphatic hydroxyl groups is 1. The Morgan fingerprint density at radius 2 is 1.93 bits per heavy atom. The Labute approximate surface area is 176 Å². The number of hydrogen-bond acceptors (Lipinski definition) is 5. The number of carbonyl (C=O) groups excluding carboxylic acids is 1. The highest BCUT2D eigenvalue weighted by Gasteiger charge is 2.52. The van der Waals surface area contributed by atoms with Crippen molar-refractivity contribution in [2.45, 2.75) is 77.5 Å². The number of carbonyl (C=O) groups is 1. The molecule has 0 aromatic rings. The van der Waals surface area contributed by atoms with Crippen LogP contribution in [0.25, 0.3) is 0 Å². The summed E-state index contributed by atoms with van der Waals surface area (Å²) in [6, 6.07) is 0.880. The van der Waals surface area contributed by atoms with E-state index < -0.39 is 5.60 Å². The van der Waals surface area contributed by atoms with Crippen LogP contribution >= 0.6 is 0 Å². The maximum absolute atomic E-state index is 11.7. The topological polar surface area (TPSA) is 53.0 Å². The van der Waals surface area contributed by atoms with Gasteiger partial charge in [-0.1, -0.05) is 19.9 Å². The maximum Gasteiger partial charge on any atom is 0.303 e. The average molecular weight is 405 g/mol. The molecular formula is C24H40N2O3. The molecule has 4 rings (SSSR count). The Morgan fingerprint density at radius 1 is 1.24 bits per heavy atom. The molecule has 2 saturated carbocycles. The molecule has 1 aliphatic heterocycles. The van der Waals surface area contributed by atoms with Crippen molar-refractivity contribution in [3.8, 4) is 0 Å². The predicted octanol–water partition coefficient (Wildman–Crippen LogP) is 3.08. The van der Waals surface area contributed by atoms with Gasteiger partial charge in [-0.3, -0.25) is 9.69 Å². The minimum atomic E-state index is -0.762. The van der Waals surface area contributed by atoms with Crippen LogP contribution in [0.5, 0.6) is 0 Å². The van der Waals surface area contributed by atoms with Crippen LogP contribution in [0.4, 0.5) is 0 Å². The molecule has 5 nitrogen and oxygen atoms in total. The number of piperazine rings is 1. The monoisotopic (exact) mass is 404 g/mol. The molecule has 1 heterocycles. The van der Waals surface area contributed by atoms with Crippen molar-refractivity contribution in [1.82, 2.24) is 9.80 Å². The molecule has 4 aliphatic rings. The normalized spacial score (nSPS) is 40.1. The van der Waals surface area contributed by atoms with Crippen LogP contribution in [-0.2, 0) is 9.53 Å². The summed E-state index contributed by atoms with van der Waals surface area (Å²) in [6.07, 6.45) is 7.55. The third-order valence-corrected chi connectivity index (χ3v) is 8.34. The Bertz CT molecular complexity index is 638. The Morgan fingerprint density at radius 3 is 2.55 bits per heavy atom. The van der Waals surface area contributed by atoms with Gasteiger partial charge >= 0.3 is 5.97 Å². The quantitative estimate of drug-likeness (QED) is 0.564. The van der Waals surface area contributed by atoms with Crippen molar-refractivity contribution < 1.29 is 14.6 Å². The lowest BCUT2D eigenvalue weighted by molar-refractivity contribution is -0.159. The smallest absolute Gasteiger partial charge is 0.303 e. The van der Waals surface area contributed by atoms with E-state index in [9.17, 15) is 9.90 Å². The van der Waals surface area contributed by atoms with E-state index in [1.807, 2.05) is 0 Å². The first-order chi connectivity index (χ1) is 13.8. The van der Waals surface area contributed by atoms with Crippen LogP contribution in [-0.4, -0.2) is 71.3 Å². The van der Waals surface area contributed by atoms with E-state index in [-0.39, 0.29) is 23.9 Å². The molecule has 0 spiro atoms. The molecule has 0 radical (unpaired) electrons. The zero-order chi connectivity index (χ0) is 20.8. The molecule has 29 heavy (non-hydrogen) atoms. The second-order valence-electron chi connectivity index (χ2n) is 10.4. The molecule has 164 valence electrons. The van der Waals surface area contributed by atoms with Crippen molar-refractivity contribution in [2.24, 2.45) is 23.7 Å². The van der Waals surface area contributed by atoms with Gasteiger partial charge in [0.25, 0.3) is 0 Å². The van der Waals surface area contributed by atoms with Gasteiger partial charge in [-0.05, 0) is 55.9 Å². The van der Waals surface area contributed by atoms with E-state index in [0.717, 1.165) is 24.6 Å². The minimum Gasteiger partial charge on any atom is -0.458 e. The van der Waals surface area contributed by atoms with Crippen molar-refractivity contribution >= 4 is 5.97 Å². The van der Waals surface area contributed by atoms with Gasteiger partial charge in [0.1, 0.15) is 6.10 Å². The molecule has 0 bridgehead atoms. The molecule has 1 unspecified atom stereocenters. The van der Waals surface area contributed by atoms with Gasteiger partial charge in [0.2, 0.25) is 0 Å². The molecule has 0 amide bonds. The fourth-order valence-electron chi connectivity index (χ4n) is 6.29. The van der Waals surface area contributed by atoms with Crippen LogP contribution < -0.4 is 0 Å². The van der Waals surface area contributed by atoms with Gasteiger partial charge in [-0.15, -0.1) is 0 Å². The lowest BCUT2D eigenvalue weighted by Gasteiger charge is -2.53. The van der Waals surface area contributed by atoms with E-state index in [1.165, 1.54) is 52.4 Å². The van der Waals surface area contributed by atoms with Crippen molar-refractivity contribution in [2.75, 3.05) is 32.7 Å². The molecular weight excluding hydrogens is 364 g/mol. The number of hydrogen-bond donors (Lipinski definition) is 1. The highest BCUT2D eigenvalue weighted by atomic mass is 16.5. The summed E-state index contributed by atoms with van der Waals surface area (Å²) in [4.78, 5) is 16.8. The molecule has 1 N–H and O–H groups in total. The second-order valence-corrected chi connectivity index (χ2v) is 10.4. The average Bonchev–Trinajstić information content (AvgIpc) is 3.50. The Balaban J connectivity index is 1.43. The zero-order valence-electron chi connectivity index (χ0n) is 18.8. The summed E-state index contributed by atoms with van der Waals surface area (Å²) in [5, 5.41) is 11.7. The van der Waals surface area contributed by atoms with E-state index in [1.54, 1.807) is 0 Å². The summed E-state index contributed by atoms with van der Waals surface area (Å²) in [6.45, 7) is 14.0. The SMILES string of the molecule is CC(=O)O[C@@H]1C[C@@]2(O)[C@H](C)CC[C@@H](C(C)CN3CCN(C4CC4)CC3)[C@H]2C=C1C. The predicted molar refractivity (Wildman–Crippen MR) is 114 cm³/mol. The maximum atomic E-state index is 11.7. The first-order valence-corrected chi connectivity index (χ1v) is 11.8. The van der Waals surface area contributed by atoms with Crippen LogP contribution in [0.2, 0.25) is 0 Å². The fraction of sp³-hybridized carbons (Fsp3) is 0.875. The zero-order valence-corrected chi connectivity index (χ0v) is 18.8. The van der Waals surface area contributed by atoms with Gasteiger partial charge in [-0.25, -0.2) is 0 Å². The molecule has 6 atom stereocenters. The molecule has 0 aromatic heterocycles. The van der Waals surface area contributed by atoms with E-state index >= 15 is 0 Å². The minimum absolute atomic E-state index is 0.167. The fourth-order valence-corrected chi connectivity index (χ4v) is 6.29. The molecule has 3 aliphatic carbocycles. The molecule has 0 aromatic carbocycles. The van der Waals surface area contributed by atoms with Crippen molar-refractivity contribution in [3.63, 3.8) is 0 Å². The van der Waals surface area contributed by atoms with Gasteiger partial charge in [0.15, 0.2) is 0 Å². The van der Waals surface area contributed by atoms with Gasteiger partial charge < -0.3 is 14.7 Å². The van der Waals surface area contributed by atoms with Crippen LogP contribution in [0.3, 0.4) is 0 Å². The number of fused-ring (bicyclic) bond motifs is 1. The number of ether oxygens (including phenoxy) is 1. The third-order valence-electron chi connectivity index (χ3n) is 8.34. The largest absolute Gasteiger partial charge is 0.458 e. The standard InChI is InChI=1S/C24H40N2O3/c1-16-13-22-21(8-5-18(3)24(22,28)14-23(16)29-19(4)27)17(2)15-25-9-11-26(12-10-25)20-6-7-20/h13,17-18,20-23,28H,5-12,14-15H2,1-4H3/t17?,18-,21+,22-,23-,24-/m1/s1. The van der Waals surface area contributed by atoms with Crippen LogP contribution in [0.15, 0.2) is 11.6 Å². The lowest BCUT2D eigenvalue weighted by atomic mass is 9.57. The molecule has 1 saturated heterocycles. The van der Waals surface area contributed by atoms with E-state index in [0.29, 0.717) is 18.3 Å². The highest BCUT2D eigenvalue weighted by molar-refractivity contribution is 5.66. The van der Waals surface area contributed by atoms with Crippen molar-refractivity contribution in [1.29, 1.82) is 0 Å². The second kappa shape index (κ2) is 8.32. The summed E-state index contributed by atoms with van der Waals surface area (Å²) >= 11 is 0. The number of esters is 1. The number of rotatable bonds is 5. The number of nitrogens with zero attached hydrogens (tertiary/aromatic N) is 2. The summed E-state index contributed by atoms with van der Waals surface area (Å²) in [5.74, 6) is 1.19. The van der Waals surface area contributed by atoms with Crippen LogP contribution in [0.1, 0.15) is 59.8 Å². The molecule has 3 fully saturated rings. The summed E-state index contributed by atoms with van der Waals surface area (Å²) < 4.78 is 5.54. The first kappa shape index (κ1) is 21.3.